The largest absolute Gasteiger partial charge is 0.299 e. The minimum atomic E-state index is 0.747. The fraction of sp³-hybridized carbons (Fsp3) is 0.500. The van der Waals surface area contributed by atoms with E-state index >= 15 is 0 Å². The van der Waals surface area contributed by atoms with Crippen LogP contribution in [0.5, 0.6) is 0 Å². The van der Waals surface area contributed by atoms with E-state index in [4.69, 9.17) is 6.92 Å². The molecule has 38 valence electrons. The van der Waals surface area contributed by atoms with E-state index < -0.39 is 0 Å². The van der Waals surface area contributed by atoms with Crippen LogP contribution in [0, 0.1) is 18.8 Å². The van der Waals surface area contributed by atoms with Crippen LogP contribution in [-0.4, -0.2) is 25.5 Å². The van der Waals surface area contributed by atoms with Gasteiger partial charge in [0.15, 0.2) is 0 Å². The van der Waals surface area contributed by atoms with Crippen molar-refractivity contribution in [3.63, 3.8) is 0 Å². The van der Waals surface area contributed by atoms with Gasteiger partial charge < -0.3 is 0 Å². The lowest BCUT2D eigenvalue weighted by atomic mass is 10.6. The van der Waals surface area contributed by atoms with Crippen molar-refractivity contribution >= 4 is 0 Å². The summed E-state index contributed by atoms with van der Waals surface area (Å²) in [6.45, 7) is 5.64. The van der Waals surface area contributed by atoms with E-state index in [2.05, 4.69) is 11.8 Å². The van der Waals surface area contributed by atoms with Gasteiger partial charge >= 0.3 is 0 Å². The Bertz CT molecular complexity index is 84.1. The van der Waals surface area contributed by atoms with Crippen LogP contribution in [0.15, 0.2) is 0 Å². The summed E-state index contributed by atoms with van der Waals surface area (Å²) in [6.07, 6.45) is 0. The molecule has 0 saturated heterocycles. The number of hydrogen-bond donors (Lipinski definition) is 0. The molecule has 1 nitrogen and oxygen atoms in total. The van der Waals surface area contributed by atoms with Gasteiger partial charge in [0.05, 0.1) is 13.5 Å². The first kappa shape index (κ1) is 6.52. The molecule has 0 unspecified atom stereocenters. The molecule has 0 amide bonds. The number of nitrogens with zero attached hydrogens (tertiary/aromatic N) is 1. The molecule has 0 aromatic rings. The standard InChI is InChI=1S/C6H9N/c1-4-5-6-7(2)3/h1H,6H2,2-3H3. The molecule has 0 rings (SSSR count). The van der Waals surface area contributed by atoms with Crippen molar-refractivity contribution in [2.45, 2.75) is 0 Å². The fourth-order valence-electron chi connectivity index (χ4n) is 0.204. The van der Waals surface area contributed by atoms with Gasteiger partial charge in [-0.2, -0.15) is 0 Å². The van der Waals surface area contributed by atoms with Crippen LogP contribution < -0.4 is 0 Å². The molecule has 2 radical (unpaired) electrons. The van der Waals surface area contributed by atoms with Crippen LogP contribution in [0.4, 0.5) is 0 Å². The molecule has 0 saturated carbocycles. The predicted octanol–water partition coefficient (Wildman–Crippen LogP) is 0.262. The molecular formula is C6H9N. The average Bonchev–Trinajstić information content (AvgIpc) is 1.61. The molecule has 7 heavy (non-hydrogen) atoms. The van der Waals surface area contributed by atoms with E-state index in [1.54, 1.807) is 0 Å². The second-order valence-electron chi connectivity index (χ2n) is 1.56. The predicted molar refractivity (Wildman–Crippen MR) is 30.6 cm³/mol. The Morgan fingerprint density at radius 3 is 2.29 bits per heavy atom. The molecule has 0 heterocycles. The molecule has 0 atom stereocenters. The van der Waals surface area contributed by atoms with Gasteiger partial charge in [-0.3, -0.25) is 4.90 Å². The second-order valence-corrected chi connectivity index (χ2v) is 1.56. The second kappa shape index (κ2) is 3.70. The summed E-state index contributed by atoms with van der Waals surface area (Å²) in [5.74, 6) is 5.01. The molecule has 0 spiro atoms. The topological polar surface area (TPSA) is 3.24 Å². The van der Waals surface area contributed by atoms with E-state index in [0.29, 0.717) is 0 Å². The Morgan fingerprint density at radius 1 is 1.57 bits per heavy atom. The quantitative estimate of drug-likeness (QED) is 0.422. The summed E-state index contributed by atoms with van der Waals surface area (Å²) in [5, 5.41) is 0. The Morgan fingerprint density at radius 2 is 2.14 bits per heavy atom. The van der Waals surface area contributed by atoms with E-state index in [1.807, 2.05) is 19.0 Å². The van der Waals surface area contributed by atoms with E-state index in [0.717, 1.165) is 6.54 Å². The van der Waals surface area contributed by atoms with E-state index in [-0.39, 0.29) is 0 Å². The molecule has 0 aromatic heterocycles. The molecule has 0 aliphatic heterocycles. The third kappa shape index (κ3) is 5.52. The summed E-state index contributed by atoms with van der Waals surface area (Å²) in [7, 11) is 3.90. The van der Waals surface area contributed by atoms with Crippen molar-refractivity contribution in [3.8, 4) is 11.8 Å². The van der Waals surface area contributed by atoms with E-state index in [1.165, 1.54) is 0 Å². The maximum absolute atomic E-state index is 4.89. The first-order valence-electron chi connectivity index (χ1n) is 2.10. The summed E-state index contributed by atoms with van der Waals surface area (Å²) in [6, 6.07) is 0. The highest BCUT2D eigenvalue weighted by molar-refractivity contribution is 5.02. The first-order chi connectivity index (χ1) is 3.27. The van der Waals surface area contributed by atoms with Crippen molar-refractivity contribution in [2.75, 3.05) is 20.6 Å². The smallest absolute Gasteiger partial charge is 0.0596 e. The molecule has 0 N–H and O–H groups in total. The monoisotopic (exact) mass is 95.1 g/mol. The van der Waals surface area contributed by atoms with Crippen LogP contribution in [0.2, 0.25) is 0 Å². The van der Waals surface area contributed by atoms with Crippen LogP contribution in [0.25, 0.3) is 0 Å². The Balaban J connectivity index is 3.08. The third-order valence-electron chi connectivity index (χ3n) is 0.497. The van der Waals surface area contributed by atoms with Crippen molar-refractivity contribution < 1.29 is 0 Å². The highest BCUT2D eigenvalue weighted by atomic mass is 15.0. The van der Waals surface area contributed by atoms with Crippen molar-refractivity contribution in [3.05, 3.63) is 6.92 Å². The minimum Gasteiger partial charge on any atom is -0.299 e. The van der Waals surface area contributed by atoms with Gasteiger partial charge in [0, 0.05) is 0 Å². The highest BCUT2D eigenvalue weighted by Gasteiger charge is 1.76. The summed E-state index contributed by atoms with van der Waals surface area (Å²) in [5.41, 5.74) is 0. The molecule has 0 aliphatic carbocycles. The van der Waals surface area contributed by atoms with Gasteiger partial charge in [0.25, 0.3) is 0 Å². The maximum Gasteiger partial charge on any atom is 0.0596 e. The first-order valence-corrected chi connectivity index (χ1v) is 2.10. The van der Waals surface area contributed by atoms with Gasteiger partial charge in [-0.25, -0.2) is 0 Å². The van der Waals surface area contributed by atoms with Crippen molar-refractivity contribution in [1.29, 1.82) is 0 Å². The van der Waals surface area contributed by atoms with Gasteiger partial charge in [0.2, 0.25) is 0 Å². The van der Waals surface area contributed by atoms with Gasteiger partial charge in [-0.1, -0.05) is 11.8 Å². The molecule has 0 fully saturated rings. The highest BCUT2D eigenvalue weighted by Crippen LogP contribution is 1.66. The lowest BCUT2D eigenvalue weighted by Gasteiger charge is -1.99. The Kier molecular flexibility index (Phi) is 3.45. The zero-order chi connectivity index (χ0) is 5.70. The SMILES string of the molecule is [CH]C#CCN(C)C. The van der Waals surface area contributed by atoms with Crippen LogP contribution in [-0.2, 0) is 0 Å². The maximum atomic E-state index is 4.89. The normalized spacial score (nSPS) is 8.00. The number of hydrogen-bond acceptors (Lipinski definition) is 1. The molecule has 0 aromatic carbocycles. The van der Waals surface area contributed by atoms with Gasteiger partial charge in [0.1, 0.15) is 0 Å². The zero-order valence-electron chi connectivity index (χ0n) is 4.73. The van der Waals surface area contributed by atoms with Gasteiger partial charge in [-0.05, 0) is 14.1 Å². The van der Waals surface area contributed by atoms with Crippen LogP contribution in [0.3, 0.4) is 0 Å². The molecule has 0 bridgehead atoms. The summed E-state index contributed by atoms with van der Waals surface area (Å²) < 4.78 is 0. The van der Waals surface area contributed by atoms with Crippen LogP contribution >= 0.6 is 0 Å². The lowest BCUT2D eigenvalue weighted by Crippen LogP contribution is -2.10. The van der Waals surface area contributed by atoms with Crippen molar-refractivity contribution in [2.24, 2.45) is 0 Å². The Labute approximate surface area is 45.3 Å². The molecule has 1 heteroatoms. The lowest BCUT2D eigenvalue weighted by molar-refractivity contribution is 0.464. The van der Waals surface area contributed by atoms with E-state index in [9.17, 15) is 0 Å². The van der Waals surface area contributed by atoms with Gasteiger partial charge in [-0.15, -0.1) is 0 Å². The summed E-state index contributed by atoms with van der Waals surface area (Å²) in [4.78, 5) is 1.96. The zero-order valence-corrected chi connectivity index (χ0v) is 4.73. The van der Waals surface area contributed by atoms with Crippen molar-refractivity contribution in [1.82, 2.24) is 4.90 Å². The van der Waals surface area contributed by atoms with Crippen LogP contribution in [0.1, 0.15) is 0 Å². The molecule has 0 aliphatic rings. The number of rotatable bonds is 1. The minimum absolute atomic E-state index is 0.747. The fourth-order valence-corrected chi connectivity index (χ4v) is 0.204. The average molecular weight is 95.1 g/mol. The molecular weight excluding hydrogens is 86.1 g/mol. The Hall–Kier alpha value is -0.480. The third-order valence-corrected chi connectivity index (χ3v) is 0.497. The summed E-state index contributed by atoms with van der Waals surface area (Å²) >= 11 is 0.